The normalized spacial score (nSPS) is 21.8. The van der Waals surface area contributed by atoms with Gasteiger partial charge in [-0.25, -0.2) is 29.5 Å². The number of benzene rings is 1. The Bertz CT molecular complexity index is 1820. The summed E-state index contributed by atoms with van der Waals surface area (Å²) < 4.78 is 9.31. The zero-order chi connectivity index (χ0) is 36.5. The molecule has 16 nitrogen and oxygen atoms in total. The molecule has 4 aromatic rings. The summed E-state index contributed by atoms with van der Waals surface area (Å²) in [5.41, 5.74) is 4.09. The predicted molar refractivity (Wildman–Crippen MR) is 187 cm³/mol. The number of rotatable bonds is 9. The van der Waals surface area contributed by atoms with E-state index in [0.29, 0.717) is 24.1 Å². The number of alkyl carbamates (subject to hydrolysis) is 2. The van der Waals surface area contributed by atoms with Gasteiger partial charge in [-0.2, -0.15) is 0 Å². The third kappa shape index (κ3) is 6.55. The van der Waals surface area contributed by atoms with Crippen LogP contribution in [0, 0.1) is 5.92 Å². The SMILES string of the molecule is COC(=O)NC(C)C(=O)N1CCCCC1c1ncc(-c2cnc(-c3ccc(-c4cnc(C5C6CCC6N5C(=O)C(C)NC(=O)OC)[nH]4)cc3)nc2)[nH]1. The minimum absolute atomic E-state index is 0.151. The van der Waals surface area contributed by atoms with E-state index in [1.54, 1.807) is 43.5 Å². The van der Waals surface area contributed by atoms with Crippen molar-refractivity contribution in [1.29, 1.82) is 0 Å². The molecule has 3 aromatic heterocycles. The van der Waals surface area contributed by atoms with Crippen LogP contribution < -0.4 is 10.6 Å². The molecule has 52 heavy (non-hydrogen) atoms. The number of fused-ring (bicyclic) bond motifs is 1. The Morgan fingerprint density at radius 2 is 1.33 bits per heavy atom. The molecular formula is C36H42N10O6. The van der Waals surface area contributed by atoms with Crippen molar-refractivity contribution in [3.63, 3.8) is 0 Å². The van der Waals surface area contributed by atoms with Gasteiger partial charge < -0.3 is 39.9 Å². The summed E-state index contributed by atoms with van der Waals surface area (Å²) in [7, 11) is 2.54. The third-order valence-corrected chi connectivity index (χ3v) is 10.4. The number of methoxy groups -OCH3 is 2. The molecule has 0 spiro atoms. The smallest absolute Gasteiger partial charge is 0.407 e. The first-order chi connectivity index (χ1) is 25.2. The van der Waals surface area contributed by atoms with Crippen LogP contribution in [0.5, 0.6) is 0 Å². The van der Waals surface area contributed by atoms with Crippen molar-refractivity contribution in [3.8, 4) is 33.9 Å². The van der Waals surface area contributed by atoms with E-state index in [4.69, 9.17) is 0 Å². The first kappa shape index (κ1) is 34.6. The number of carbonyl (C=O) groups excluding carboxylic acids is 4. The second kappa shape index (κ2) is 14.4. The van der Waals surface area contributed by atoms with Crippen molar-refractivity contribution in [3.05, 3.63) is 60.7 Å². The molecule has 3 aliphatic rings. The number of carbonyl (C=O) groups is 4. The summed E-state index contributed by atoms with van der Waals surface area (Å²) in [6.07, 6.45) is 10.2. The lowest BCUT2D eigenvalue weighted by atomic mass is 9.64. The summed E-state index contributed by atoms with van der Waals surface area (Å²) in [4.78, 5) is 78.7. The average Bonchev–Trinajstić information content (AvgIpc) is 3.86. The highest BCUT2D eigenvalue weighted by Gasteiger charge is 2.58. The molecule has 4 N–H and O–H groups in total. The highest BCUT2D eigenvalue weighted by Crippen LogP contribution is 2.54. The zero-order valence-corrected chi connectivity index (χ0v) is 29.5. The monoisotopic (exact) mass is 710 g/mol. The number of hydrogen-bond acceptors (Lipinski definition) is 10. The Morgan fingerprint density at radius 1 is 0.731 bits per heavy atom. The van der Waals surface area contributed by atoms with E-state index in [2.05, 4.69) is 50.0 Å². The average molecular weight is 711 g/mol. The quantitative estimate of drug-likeness (QED) is 0.196. The fraction of sp³-hybridized carbons (Fsp3) is 0.444. The molecule has 0 bridgehead atoms. The molecule has 1 aromatic carbocycles. The predicted octanol–water partition coefficient (Wildman–Crippen LogP) is 4.13. The summed E-state index contributed by atoms with van der Waals surface area (Å²) in [5, 5.41) is 5.13. The van der Waals surface area contributed by atoms with E-state index in [9.17, 15) is 19.2 Å². The fourth-order valence-corrected chi connectivity index (χ4v) is 7.42. The topological polar surface area (TPSA) is 200 Å². The molecule has 16 heteroatoms. The summed E-state index contributed by atoms with van der Waals surface area (Å²) >= 11 is 0. The van der Waals surface area contributed by atoms with E-state index >= 15 is 0 Å². The number of hydrogen-bond donors (Lipinski definition) is 4. The third-order valence-electron chi connectivity index (χ3n) is 10.4. The molecule has 1 aliphatic carbocycles. The number of imidazole rings is 2. The molecule has 2 saturated heterocycles. The molecule has 1 saturated carbocycles. The van der Waals surface area contributed by atoms with Crippen LogP contribution in [0.1, 0.15) is 69.7 Å². The van der Waals surface area contributed by atoms with Gasteiger partial charge >= 0.3 is 12.2 Å². The van der Waals surface area contributed by atoms with Crippen molar-refractivity contribution in [2.45, 2.75) is 76.2 Å². The lowest BCUT2D eigenvalue weighted by Crippen LogP contribution is -2.68. The lowest BCUT2D eigenvalue weighted by Gasteiger charge is -2.61. The van der Waals surface area contributed by atoms with E-state index in [1.165, 1.54) is 14.2 Å². The van der Waals surface area contributed by atoms with Crippen LogP contribution in [-0.2, 0) is 19.1 Å². The van der Waals surface area contributed by atoms with Crippen molar-refractivity contribution >= 4 is 24.0 Å². The second-order valence-corrected chi connectivity index (χ2v) is 13.5. The largest absolute Gasteiger partial charge is 0.453 e. The molecule has 4 amide bonds. The number of aromatic nitrogens is 6. The van der Waals surface area contributed by atoms with Crippen LogP contribution >= 0.6 is 0 Å². The minimum Gasteiger partial charge on any atom is -0.453 e. The van der Waals surface area contributed by atoms with Crippen molar-refractivity contribution in [2.24, 2.45) is 5.92 Å². The molecule has 272 valence electrons. The second-order valence-electron chi connectivity index (χ2n) is 13.5. The van der Waals surface area contributed by atoms with Gasteiger partial charge in [0, 0.05) is 42.0 Å². The Balaban J connectivity index is 1.00. The maximum atomic E-state index is 13.2. The van der Waals surface area contributed by atoms with Crippen molar-refractivity contribution in [1.82, 2.24) is 50.3 Å². The number of aromatic amines is 2. The van der Waals surface area contributed by atoms with Crippen LogP contribution in [0.15, 0.2) is 49.1 Å². The summed E-state index contributed by atoms with van der Waals surface area (Å²) in [6.45, 7) is 3.88. The van der Waals surface area contributed by atoms with Gasteiger partial charge in [-0.1, -0.05) is 24.3 Å². The molecule has 3 fully saturated rings. The number of likely N-dealkylation sites (tertiary alicyclic amines) is 2. The van der Waals surface area contributed by atoms with Gasteiger partial charge in [0.05, 0.1) is 50.1 Å². The van der Waals surface area contributed by atoms with E-state index in [-0.39, 0.29) is 29.9 Å². The molecule has 2 aliphatic heterocycles. The van der Waals surface area contributed by atoms with Crippen LogP contribution in [-0.4, -0.2) is 103 Å². The lowest BCUT2D eigenvalue weighted by molar-refractivity contribution is -0.172. The first-order valence-electron chi connectivity index (χ1n) is 17.5. The maximum Gasteiger partial charge on any atom is 0.407 e. The van der Waals surface area contributed by atoms with E-state index in [0.717, 1.165) is 66.0 Å². The van der Waals surface area contributed by atoms with E-state index < -0.39 is 24.3 Å². The highest BCUT2D eigenvalue weighted by atomic mass is 16.5. The highest BCUT2D eigenvalue weighted by molar-refractivity contribution is 5.87. The molecule has 6 atom stereocenters. The van der Waals surface area contributed by atoms with Crippen LogP contribution in [0.2, 0.25) is 0 Å². The van der Waals surface area contributed by atoms with Gasteiger partial charge in [0.15, 0.2) is 5.82 Å². The van der Waals surface area contributed by atoms with Gasteiger partial charge in [0.2, 0.25) is 11.8 Å². The van der Waals surface area contributed by atoms with Crippen LogP contribution in [0.25, 0.3) is 33.9 Å². The molecule has 6 unspecified atom stereocenters. The number of nitrogens with zero attached hydrogens (tertiary/aromatic N) is 6. The van der Waals surface area contributed by atoms with Gasteiger partial charge in [0.25, 0.3) is 0 Å². The van der Waals surface area contributed by atoms with Gasteiger partial charge in [-0.05, 0) is 51.5 Å². The van der Waals surface area contributed by atoms with Crippen molar-refractivity contribution < 1.29 is 28.7 Å². The summed E-state index contributed by atoms with van der Waals surface area (Å²) in [5.74, 6) is 1.97. The standard InChI is InChI=1S/C36H42N10O6/c1-19(41-35(49)51-3)33(47)45-14-6-5-7-28(45)31-39-18-26(43-31)23-15-37-30(38-16-23)22-10-8-21(9-11-22)25-17-40-32(44-25)29-24-12-13-27(24)46(29)34(48)20(2)42-36(50)52-4/h8-11,15-20,24,27-29H,5-7,12-14H2,1-4H3,(H,39,43)(H,40,44)(H,41,49)(H,42,50). The first-order valence-corrected chi connectivity index (χ1v) is 17.5. The number of amides is 4. The number of H-pyrrole nitrogens is 2. The molecular weight excluding hydrogens is 668 g/mol. The Hall–Kier alpha value is -5.80. The summed E-state index contributed by atoms with van der Waals surface area (Å²) in [6, 6.07) is 6.17. The Labute approximate surface area is 300 Å². The molecule has 5 heterocycles. The van der Waals surface area contributed by atoms with Gasteiger partial charge in [-0.3, -0.25) is 9.59 Å². The zero-order valence-electron chi connectivity index (χ0n) is 29.5. The number of piperidine rings is 2. The number of nitrogens with one attached hydrogen (secondary N) is 4. The van der Waals surface area contributed by atoms with Gasteiger partial charge in [0.1, 0.15) is 23.7 Å². The van der Waals surface area contributed by atoms with Crippen LogP contribution in [0.3, 0.4) is 0 Å². The Kier molecular flexibility index (Phi) is 9.62. The maximum absolute atomic E-state index is 13.2. The Morgan fingerprint density at radius 3 is 1.96 bits per heavy atom. The minimum atomic E-state index is -0.729. The van der Waals surface area contributed by atoms with Crippen molar-refractivity contribution in [2.75, 3.05) is 20.8 Å². The number of ether oxygens (including phenoxy) is 2. The van der Waals surface area contributed by atoms with Gasteiger partial charge in [-0.15, -0.1) is 0 Å². The molecule has 7 rings (SSSR count). The molecule has 0 radical (unpaired) electrons. The van der Waals surface area contributed by atoms with E-state index in [1.807, 2.05) is 29.2 Å². The fourth-order valence-electron chi connectivity index (χ4n) is 7.42. The van der Waals surface area contributed by atoms with Crippen LogP contribution in [0.4, 0.5) is 9.59 Å².